The molecule has 1 aromatic rings. The van der Waals surface area contributed by atoms with Crippen molar-refractivity contribution in [1.29, 1.82) is 0 Å². The van der Waals surface area contributed by atoms with E-state index >= 15 is 0 Å². The van der Waals surface area contributed by atoms with Gasteiger partial charge in [-0.1, -0.05) is 0 Å². The Morgan fingerprint density at radius 3 is 2.79 bits per heavy atom. The van der Waals surface area contributed by atoms with Crippen LogP contribution in [0.1, 0.15) is 10.4 Å². The Kier molecular flexibility index (Phi) is 3.43. The number of amides is 1. The Bertz CT molecular complexity index is 371. The number of rotatable bonds is 2. The summed E-state index contributed by atoms with van der Waals surface area (Å²) in [6, 6.07) is 2.41. The molecule has 1 amide bonds. The van der Waals surface area contributed by atoms with Crippen LogP contribution in [0.25, 0.3) is 0 Å². The monoisotopic (exact) mass is 262 g/mol. The molecule has 0 fully saturated rings. The van der Waals surface area contributed by atoms with Crippen LogP contribution in [-0.4, -0.2) is 13.0 Å². The predicted molar refractivity (Wildman–Crippen MR) is 52.3 cm³/mol. The van der Waals surface area contributed by atoms with E-state index in [9.17, 15) is 9.18 Å². The highest BCUT2D eigenvalue weighted by atomic mass is 79.9. The first kappa shape index (κ1) is 10.9. The zero-order valence-electron chi connectivity index (χ0n) is 7.30. The molecular formula is C8H8BrFN2O2. The number of nitrogen functional groups attached to an aromatic ring is 1. The molecule has 0 aliphatic rings. The molecule has 3 N–H and O–H groups in total. The van der Waals surface area contributed by atoms with Crippen molar-refractivity contribution < 1.29 is 13.9 Å². The summed E-state index contributed by atoms with van der Waals surface area (Å²) >= 11 is 2.97. The van der Waals surface area contributed by atoms with Gasteiger partial charge in [0.05, 0.1) is 17.1 Å². The summed E-state index contributed by atoms with van der Waals surface area (Å²) in [5.41, 5.74) is 1.95. The molecule has 0 aromatic heterocycles. The number of halogens is 2. The molecule has 1 rings (SSSR count). The number of hydrazine groups is 1. The zero-order chi connectivity index (χ0) is 10.7. The van der Waals surface area contributed by atoms with Crippen LogP contribution >= 0.6 is 15.9 Å². The third-order valence-corrected chi connectivity index (χ3v) is 2.23. The topological polar surface area (TPSA) is 64.3 Å². The van der Waals surface area contributed by atoms with Gasteiger partial charge in [0.15, 0.2) is 0 Å². The molecule has 0 saturated carbocycles. The van der Waals surface area contributed by atoms with Gasteiger partial charge in [0.1, 0.15) is 11.6 Å². The fourth-order valence-electron chi connectivity index (χ4n) is 0.953. The van der Waals surface area contributed by atoms with E-state index in [0.717, 1.165) is 6.07 Å². The molecule has 0 unspecified atom stereocenters. The molecule has 0 radical (unpaired) electrons. The van der Waals surface area contributed by atoms with Gasteiger partial charge in [-0.05, 0) is 28.1 Å². The van der Waals surface area contributed by atoms with Gasteiger partial charge in [-0.25, -0.2) is 10.2 Å². The van der Waals surface area contributed by atoms with Crippen LogP contribution in [0.4, 0.5) is 4.39 Å². The fraction of sp³-hybridized carbons (Fsp3) is 0.125. The van der Waals surface area contributed by atoms with E-state index in [1.54, 1.807) is 0 Å². The van der Waals surface area contributed by atoms with Crippen molar-refractivity contribution in [2.45, 2.75) is 0 Å². The maximum atomic E-state index is 13.1. The van der Waals surface area contributed by atoms with Crippen molar-refractivity contribution in [3.05, 3.63) is 28.0 Å². The van der Waals surface area contributed by atoms with Crippen molar-refractivity contribution in [1.82, 2.24) is 5.43 Å². The predicted octanol–water partition coefficient (Wildman–Crippen LogP) is 1.20. The number of nitrogens with two attached hydrogens (primary N) is 1. The highest BCUT2D eigenvalue weighted by Crippen LogP contribution is 2.26. The second-order valence-corrected chi connectivity index (χ2v) is 3.29. The first-order valence-corrected chi connectivity index (χ1v) is 4.43. The third-order valence-electron chi connectivity index (χ3n) is 1.62. The summed E-state index contributed by atoms with van der Waals surface area (Å²) in [5.74, 6) is 4.02. The first-order valence-electron chi connectivity index (χ1n) is 3.64. The number of ether oxygens (including phenoxy) is 1. The van der Waals surface area contributed by atoms with Gasteiger partial charge >= 0.3 is 0 Å². The fourth-order valence-corrected chi connectivity index (χ4v) is 1.28. The van der Waals surface area contributed by atoms with Crippen molar-refractivity contribution in [2.75, 3.05) is 7.11 Å². The minimum atomic E-state index is -0.603. The smallest absolute Gasteiger partial charge is 0.269 e. The lowest BCUT2D eigenvalue weighted by molar-refractivity contribution is 0.0950. The Hall–Kier alpha value is -1.14. The van der Waals surface area contributed by atoms with E-state index < -0.39 is 11.7 Å². The average molecular weight is 263 g/mol. The molecule has 6 heteroatoms. The Morgan fingerprint density at radius 2 is 2.29 bits per heavy atom. The summed E-state index contributed by atoms with van der Waals surface area (Å²) < 4.78 is 18.2. The van der Waals surface area contributed by atoms with Crippen LogP contribution < -0.4 is 16.0 Å². The average Bonchev–Trinajstić information content (AvgIpc) is 2.20. The first-order chi connectivity index (χ1) is 6.60. The number of carbonyl (C=O) groups is 1. The number of carbonyl (C=O) groups excluding carboxylic acids is 1. The second kappa shape index (κ2) is 4.39. The van der Waals surface area contributed by atoms with E-state index in [2.05, 4.69) is 15.9 Å². The van der Waals surface area contributed by atoms with Crippen LogP contribution in [0, 0.1) is 5.82 Å². The molecule has 0 saturated heterocycles. The van der Waals surface area contributed by atoms with Crippen molar-refractivity contribution >= 4 is 21.8 Å². The second-order valence-electron chi connectivity index (χ2n) is 2.44. The van der Waals surface area contributed by atoms with Crippen molar-refractivity contribution in [3.63, 3.8) is 0 Å². The molecule has 0 aliphatic carbocycles. The van der Waals surface area contributed by atoms with E-state index in [1.165, 1.54) is 13.2 Å². The highest BCUT2D eigenvalue weighted by molar-refractivity contribution is 9.10. The quantitative estimate of drug-likeness (QED) is 0.478. The molecule has 0 heterocycles. The largest absolute Gasteiger partial charge is 0.496 e. The third kappa shape index (κ3) is 2.02. The lowest BCUT2D eigenvalue weighted by Gasteiger charge is -2.07. The van der Waals surface area contributed by atoms with Crippen LogP contribution in [0.5, 0.6) is 5.75 Å². The molecule has 76 valence electrons. The maximum absolute atomic E-state index is 13.1. The van der Waals surface area contributed by atoms with Crippen molar-refractivity contribution in [2.24, 2.45) is 5.84 Å². The van der Waals surface area contributed by atoms with Crippen LogP contribution in [-0.2, 0) is 0 Å². The Morgan fingerprint density at radius 1 is 1.64 bits per heavy atom. The van der Waals surface area contributed by atoms with Crippen LogP contribution in [0.3, 0.4) is 0 Å². The number of hydrogen-bond donors (Lipinski definition) is 2. The van der Waals surface area contributed by atoms with E-state index in [1.807, 2.05) is 5.43 Å². The maximum Gasteiger partial charge on any atom is 0.269 e. The van der Waals surface area contributed by atoms with Gasteiger partial charge < -0.3 is 4.74 Å². The van der Waals surface area contributed by atoms with Gasteiger partial charge in [-0.3, -0.25) is 10.2 Å². The zero-order valence-corrected chi connectivity index (χ0v) is 8.89. The number of methoxy groups -OCH3 is 1. The molecule has 1 aromatic carbocycles. The van der Waals surface area contributed by atoms with Crippen molar-refractivity contribution in [3.8, 4) is 5.75 Å². The number of benzene rings is 1. The standard InChI is InChI=1S/C8H8BrFN2O2/c1-14-7-3-5(9)6(10)2-4(7)8(13)12-11/h2-3H,11H2,1H3,(H,12,13). The molecule has 0 atom stereocenters. The van der Waals surface area contributed by atoms with Gasteiger partial charge in [0.2, 0.25) is 0 Å². The van der Waals surface area contributed by atoms with Crippen LogP contribution in [0.15, 0.2) is 16.6 Å². The Labute approximate surface area is 88.3 Å². The van der Waals surface area contributed by atoms with Gasteiger partial charge in [-0.15, -0.1) is 0 Å². The molecule has 0 spiro atoms. The minimum Gasteiger partial charge on any atom is -0.496 e. The SMILES string of the molecule is COc1cc(Br)c(F)cc1C(=O)NN. The molecule has 0 bridgehead atoms. The van der Waals surface area contributed by atoms with Crippen LogP contribution in [0.2, 0.25) is 0 Å². The summed E-state index contributed by atoms with van der Waals surface area (Å²) in [4.78, 5) is 11.2. The lowest BCUT2D eigenvalue weighted by atomic mass is 10.2. The summed E-state index contributed by atoms with van der Waals surface area (Å²) in [6.45, 7) is 0. The van der Waals surface area contributed by atoms with Gasteiger partial charge in [0, 0.05) is 0 Å². The van der Waals surface area contributed by atoms with E-state index in [0.29, 0.717) is 0 Å². The minimum absolute atomic E-state index is 0.0516. The summed E-state index contributed by atoms with van der Waals surface area (Å²) in [5, 5.41) is 0. The normalized spacial score (nSPS) is 9.71. The molecule has 4 nitrogen and oxygen atoms in total. The van der Waals surface area contributed by atoms with E-state index in [-0.39, 0.29) is 15.8 Å². The molecule has 14 heavy (non-hydrogen) atoms. The molecular weight excluding hydrogens is 255 g/mol. The lowest BCUT2D eigenvalue weighted by Crippen LogP contribution is -2.30. The number of hydrogen-bond acceptors (Lipinski definition) is 3. The van der Waals surface area contributed by atoms with E-state index in [4.69, 9.17) is 10.6 Å². The van der Waals surface area contributed by atoms with Gasteiger partial charge in [0.25, 0.3) is 5.91 Å². The number of nitrogens with one attached hydrogen (secondary N) is 1. The Balaban J connectivity index is 3.27. The van der Waals surface area contributed by atoms with Gasteiger partial charge in [-0.2, -0.15) is 0 Å². The highest BCUT2D eigenvalue weighted by Gasteiger charge is 2.14. The summed E-state index contributed by atoms with van der Waals surface area (Å²) in [7, 11) is 1.38. The summed E-state index contributed by atoms with van der Waals surface area (Å²) in [6.07, 6.45) is 0. The molecule has 0 aliphatic heterocycles.